The Morgan fingerprint density at radius 1 is 1.13 bits per heavy atom. The highest BCUT2D eigenvalue weighted by atomic mass is 35.5. The molecule has 0 bridgehead atoms. The largest absolute Gasteiger partial charge is 0.459 e. The number of carbonyl (C=O) groups excluding carboxylic acids is 1. The molecule has 0 spiro atoms. The van der Waals surface area contributed by atoms with Gasteiger partial charge < -0.3 is 24.7 Å². The van der Waals surface area contributed by atoms with Crippen molar-refractivity contribution in [2.45, 2.75) is 25.9 Å². The SMILES string of the molecule is COCC(=O)Nc1ccc(N2C(=S)NC(c3ccccn3)C2c2ccc(-c3ccc(C)c(Cl)c3)o2)cc1C. The normalized spacial score (nSPS) is 16.9. The van der Waals surface area contributed by atoms with E-state index in [1.807, 2.05) is 85.5 Å². The maximum Gasteiger partial charge on any atom is 0.250 e. The van der Waals surface area contributed by atoms with Crippen molar-refractivity contribution in [3.8, 4) is 11.3 Å². The fraction of sp³-hybridized carbons (Fsp3) is 0.207. The zero-order chi connectivity index (χ0) is 26.8. The number of amides is 1. The first-order valence-corrected chi connectivity index (χ1v) is 12.9. The minimum absolute atomic E-state index is 0.0117. The molecule has 194 valence electrons. The molecule has 4 aromatic rings. The first-order chi connectivity index (χ1) is 18.4. The molecular weight excluding hydrogens is 520 g/mol. The molecular formula is C29H27ClN4O3S. The average Bonchev–Trinajstić information content (AvgIpc) is 3.52. The van der Waals surface area contributed by atoms with Crippen LogP contribution in [0.15, 0.2) is 77.3 Å². The van der Waals surface area contributed by atoms with Crippen LogP contribution in [0.2, 0.25) is 5.02 Å². The number of hydrogen-bond donors (Lipinski definition) is 2. The maximum absolute atomic E-state index is 12.0. The lowest BCUT2D eigenvalue weighted by Crippen LogP contribution is -2.29. The maximum atomic E-state index is 12.0. The highest BCUT2D eigenvalue weighted by Gasteiger charge is 2.42. The molecule has 2 N–H and O–H groups in total. The van der Waals surface area contributed by atoms with Crippen LogP contribution in [-0.2, 0) is 9.53 Å². The van der Waals surface area contributed by atoms with Gasteiger partial charge in [-0.1, -0.05) is 29.8 Å². The zero-order valence-corrected chi connectivity index (χ0v) is 22.8. The van der Waals surface area contributed by atoms with Crippen LogP contribution in [0.1, 0.15) is 34.7 Å². The van der Waals surface area contributed by atoms with Gasteiger partial charge in [0.25, 0.3) is 0 Å². The smallest absolute Gasteiger partial charge is 0.250 e. The molecule has 1 aliphatic rings. The van der Waals surface area contributed by atoms with Crippen molar-refractivity contribution < 1.29 is 13.9 Å². The number of carbonyl (C=O) groups is 1. The van der Waals surface area contributed by atoms with Crippen LogP contribution < -0.4 is 15.5 Å². The molecule has 9 heteroatoms. The molecule has 0 saturated carbocycles. The minimum Gasteiger partial charge on any atom is -0.459 e. The van der Waals surface area contributed by atoms with Crippen molar-refractivity contribution in [1.82, 2.24) is 10.3 Å². The van der Waals surface area contributed by atoms with Crippen molar-refractivity contribution in [2.75, 3.05) is 23.9 Å². The summed E-state index contributed by atoms with van der Waals surface area (Å²) in [5.74, 6) is 1.23. The number of rotatable bonds is 7. The summed E-state index contributed by atoms with van der Waals surface area (Å²) >= 11 is 12.2. The summed E-state index contributed by atoms with van der Waals surface area (Å²) in [5, 5.41) is 7.56. The Balaban J connectivity index is 1.54. The van der Waals surface area contributed by atoms with Crippen LogP contribution in [0.4, 0.5) is 11.4 Å². The van der Waals surface area contributed by atoms with Gasteiger partial charge in [0.15, 0.2) is 5.11 Å². The summed E-state index contributed by atoms with van der Waals surface area (Å²) in [5.41, 5.74) is 5.22. The third-order valence-electron chi connectivity index (χ3n) is 6.51. The minimum atomic E-state index is -0.305. The second-order valence-corrected chi connectivity index (χ2v) is 9.94. The molecule has 2 aromatic heterocycles. The van der Waals surface area contributed by atoms with Gasteiger partial charge in [0, 0.05) is 35.3 Å². The van der Waals surface area contributed by atoms with Gasteiger partial charge >= 0.3 is 0 Å². The van der Waals surface area contributed by atoms with E-state index in [4.69, 9.17) is 33.0 Å². The van der Waals surface area contributed by atoms with E-state index in [0.717, 1.165) is 33.8 Å². The molecule has 2 aromatic carbocycles. The van der Waals surface area contributed by atoms with Gasteiger partial charge in [0.1, 0.15) is 24.2 Å². The molecule has 1 amide bonds. The molecule has 2 atom stereocenters. The van der Waals surface area contributed by atoms with E-state index in [-0.39, 0.29) is 24.6 Å². The van der Waals surface area contributed by atoms with Gasteiger partial charge in [-0.15, -0.1) is 0 Å². The molecule has 7 nitrogen and oxygen atoms in total. The number of halogens is 1. The number of methoxy groups -OCH3 is 1. The standard InChI is InChI=1S/C29H27ClN4O3S/c1-17-7-8-19(15-21(17)30)24-11-12-25(37-24)28-27(23-6-4-5-13-31-23)33-29(38)34(28)20-9-10-22(18(2)14-20)32-26(35)16-36-3/h4-15,27-28H,16H2,1-3H3,(H,32,35)(H,33,38). The Labute approximate surface area is 231 Å². The Hall–Kier alpha value is -3.72. The van der Waals surface area contributed by atoms with E-state index in [1.165, 1.54) is 7.11 Å². The number of nitrogens with zero attached hydrogens (tertiary/aromatic N) is 2. The van der Waals surface area contributed by atoms with E-state index in [0.29, 0.717) is 21.6 Å². The van der Waals surface area contributed by atoms with Crippen molar-refractivity contribution in [2.24, 2.45) is 0 Å². The van der Waals surface area contributed by atoms with Gasteiger partial charge in [-0.2, -0.15) is 0 Å². The van der Waals surface area contributed by atoms with Crippen molar-refractivity contribution in [1.29, 1.82) is 0 Å². The number of hydrogen-bond acceptors (Lipinski definition) is 5. The number of thiocarbonyl (C=S) groups is 1. The van der Waals surface area contributed by atoms with Gasteiger partial charge in [-0.25, -0.2) is 0 Å². The molecule has 38 heavy (non-hydrogen) atoms. The van der Waals surface area contributed by atoms with Crippen LogP contribution >= 0.6 is 23.8 Å². The lowest BCUT2D eigenvalue weighted by molar-refractivity contribution is -0.119. The van der Waals surface area contributed by atoms with Crippen molar-refractivity contribution in [3.63, 3.8) is 0 Å². The topological polar surface area (TPSA) is 79.6 Å². The van der Waals surface area contributed by atoms with Crippen molar-refractivity contribution >= 4 is 46.2 Å². The fourth-order valence-corrected chi connectivity index (χ4v) is 5.12. The quantitative estimate of drug-likeness (QED) is 0.261. The average molecular weight is 547 g/mol. The monoisotopic (exact) mass is 546 g/mol. The third kappa shape index (κ3) is 5.15. The first-order valence-electron chi connectivity index (χ1n) is 12.1. The van der Waals surface area contributed by atoms with E-state index in [1.54, 1.807) is 6.20 Å². The predicted octanol–water partition coefficient (Wildman–Crippen LogP) is 6.37. The summed E-state index contributed by atoms with van der Waals surface area (Å²) in [4.78, 5) is 18.7. The Morgan fingerprint density at radius 2 is 1.97 bits per heavy atom. The molecule has 3 heterocycles. The van der Waals surface area contributed by atoms with E-state index in [2.05, 4.69) is 15.6 Å². The Morgan fingerprint density at radius 3 is 2.68 bits per heavy atom. The van der Waals surface area contributed by atoms with Gasteiger partial charge in [-0.05, 0) is 85.7 Å². The third-order valence-corrected chi connectivity index (χ3v) is 7.23. The van der Waals surface area contributed by atoms with Gasteiger partial charge in [0.05, 0.1) is 11.7 Å². The summed E-state index contributed by atoms with van der Waals surface area (Å²) in [7, 11) is 1.49. The lowest BCUT2D eigenvalue weighted by Gasteiger charge is -2.27. The second-order valence-electron chi connectivity index (χ2n) is 9.14. The number of anilines is 2. The molecule has 0 radical (unpaired) electrons. The summed E-state index contributed by atoms with van der Waals surface area (Å²) in [6.45, 7) is 3.90. The molecule has 1 saturated heterocycles. The Kier molecular flexibility index (Phi) is 7.46. The van der Waals surface area contributed by atoms with Gasteiger partial charge in [0.2, 0.25) is 5.91 Å². The summed E-state index contributed by atoms with van der Waals surface area (Å²) in [6, 6.07) is 20.9. The number of aryl methyl sites for hydroxylation is 2. The number of furan rings is 1. The first kappa shape index (κ1) is 25.9. The zero-order valence-electron chi connectivity index (χ0n) is 21.2. The molecule has 1 fully saturated rings. The molecule has 1 aliphatic heterocycles. The predicted molar refractivity (Wildman–Crippen MR) is 154 cm³/mol. The van der Waals surface area contributed by atoms with Crippen molar-refractivity contribution in [3.05, 3.63) is 101 Å². The van der Waals surface area contributed by atoms with E-state index < -0.39 is 0 Å². The molecule has 2 unspecified atom stereocenters. The highest BCUT2D eigenvalue weighted by Crippen LogP contribution is 2.43. The lowest BCUT2D eigenvalue weighted by atomic mass is 10.0. The fourth-order valence-electron chi connectivity index (χ4n) is 4.59. The van der Waals surface area contributed by atoms with Crippen LogP contribution in [0.5, 0.6) is 0 Å². The van der Waals surface area contributed by atoms with Crippen LogP contribution in [0.3, 0.4) is 0 Å². The number of nitrogens with one attached hydrogen (secondary N) is 2. The highest BCUT2D eigenvalue weighted by molar-refractivity contribution is 7.80. The summed E-state index contributed by atoms with van der Waals surface area (Å²) < 4.78 is 11.4. The van der Waals surface area contributed by atoms with Crippen LogP contribution in [0, 0.1) is 13.8 Å². The van der Waals surface area contributed by atoms with Crippen LogP contribution in [0.25, 0.3) is 11.3 Å². The number of ether oxygens (including phenoxy) is 1. The van der Waals surface area contributed by atoms with Crippen LogP contribution in [-0.4, -0.2) is 29.7 Å². The van der Waals surface area contributed by atoms with E-state index >= 15 is 0 Å². The van der Waals surface area contributed by atoms with Gasteiger partial charge in [-0.3, -0.25) is 9.78 Å². The Bertz CT molecular complexity index is 1490. The molecule has 5 rings (SSSR count). The number of pyridine rings is 1. The summed E-state index contributed by atoms with van der Waals surface area (Å²) in [6.07, 6.45) is 1.77. The van der Waals surface area contributed by atoms with E-state index in [9.17, 15) is 4.79 Å². The molecule has 0 aliphatic carbocycles. The second kappa shape index (κ2) is 10.9. The number of benzene rings is 2. The number of aromatic nitrogens is 1.